The second-order valence-corrected chi connectivity index (χ2v) is 8.17. The van der Waals surface area contributed by atoms with E-state index in [0.29, 0.717) is 6.54 Å². The van der Waals surface area contributed by atoms with E-state index in [1.54, 1.807) is 10.7 Å². The summed E-state index contributed by atoms with van der Waals surface area (Å²) >= 11 is 0. The van der Waals surface area contributed by atoms with Gasteiger partial charge in [0.15, 0.2) is 0 Å². The minimum atomic E-state index is 0.0418. The fourth-order valence-corrected chi connectivity index (χ4v) is 4.53. The average Bonchev–Trinajstić information content (AvgIpc) is 3.19. The minimum absolute atomic E-state index is 0.0418. The third-order valence-corrected chi connectivity index (χ3v) is 6.26. The molecule has 0 atom stereocenters. The number of nitrogens with zero attached hydrogens (tertiary/aromatic N) is 5. The van der Waals surface area contributed by atoms with E-state index >= 15 is 0 Å². The maximum Gasteiger partial charge on any atom is 0.267 e. The largest absolute Gasteiger partial charge is 0.354 e. The zero-order valence-corrected chi connectivity index (χ0v) is 17.0. The molecule has 3 heterocycles. The SMILES string of the molecule is Cc1cc(N2CCN(CCn3nc4c(cc3=O)CCC4)CC2)nc2ccccc12. The first-order chi connectivity index (χ1) is 14.2. The van der Waals surface area contributed by atoms with E-state index in [9.17, 15) is 4.79 Å². The Bertz CT molecular complexity index is 1100. The Balaban J connectivity index is 1.22. The van der Waals surface area contributed by atoms with Crippen molar-refractivity contribution in [2.24, 2.45) is 0 Å². The maximum absolute atomic E-state index is 12.3. The van der Waals surface area contributed by atoms with Crippen molar-refractivity contribution in [1.29, 1.82) is 0 Å². The van der Waals surface area contributed by atoms with Gasteiger partial charge < -0.3 is 4.90 Å². The van der Waals surface area contributed by atoms with Crippen LogP contribution in [0.2, 0.25) is 0 Å². The van der Waals surface area contributed by atoms with Crippen LogP contribution in [0.15, 0.2) is 41.2 Å². The number of para-hydroxylation sites is 1. The lowest BCUT2D eigenvalue weighted by Crippen LogP contribution is -2.48. The molecule has 29 heavy (non-hydrogen) atoms. The highest BCUT2D eigenvalue weighted by Gasteiger charge is 2.20. The first-order valence-electron chi connectivity index (χ1n) is 10.6. The van der Waals surface area contributed by atoms with Crippen LogP contribution in [0.4, 0.5) is 5.82 Å². The van der Waals surface area contributed by atoms with E-state index < -0.39 is 0 Å². The van der Waals surface area contributed by atoms with Gasteiger partial charge in [0.05, 0.1) is 17.8 Å². The van der Waals surface area contributed by atoms with E-state index in [1.165, 1.54) is 10.9 Å². The monoisotopic (exact) mass is 389 g/mol. The van der Waals surface area contributed by atoms with Gasteiger partial charge in [0.1, 0.15) is 5.82 Å². The molecule has 6 heteroatoms. The molecule has 0 saturated carbocycles. The number of aromatic nitrogens is 3. The van der Waals surface area contributed by atoms with Gasteiger partial charge in [-0.05, 0) is 49.4 Å². The lowest BCUT2D eigenvalue weighted by Gasteiger charge is -2.35. The fourth-order valence-electron chi connectivity index (χ4n) is 4.53. The number of aryl methyl sites for hydroxylation is 3. The number of rotatable bonds is 4. The van der Waals surface area contributed by atoms with Crippen LogP contribution in [0, 0.1) is 6.92 Å². The van der Waals surface area contributed by atoms with Crippen LogP contribution in [0.25, 0.3) is 10.9 Å². The van der Waals surface area contributed by atoms with Crippen molar-refractivity contribution in [3.8, 4) is 0 Å². The van der Waals surface area contributed by atoms with Crippen LogP contribution in [0.1, 0.15) is 23.2 Å². The molecule has 1 fully saturated rings. The minimum Gasteiger partial charge on any atom is -0.354 e. The Morgan fingerprint density at radius 1 is 1.00 bits per heavy atom. The van der Waals surface area contributed by atoms with Crippen molar-refractivity contribution < 1.29 is 0 Å². The van der Waals surface area contributed by atoms with Gasteiger partial charge in [-0.2, -0.15) is 5.10 Å². The van der Waals surface area contributed by atoms with Crippen LogP contribution >= 0.6 is 0 Å². The molecule has 0 N–H and O–H groups in total. The molecular weight excluding hydrogens is 362 g/mol. The number of hydrogen-bond donors (Lipinski definition) is 0. The highest BCUT2D eigenvalue weighted by Crippen LogP contribution is 2.23. The van der Waals surface area contributed by atoms with Crippen molar-refractivity contribution in [3.05, 3.63) is 63.6 Å². The molecule has 2 aromatic heterocycles. The normalized spacial score (nSPS) is 17.1. The predicted octanol–water partition coefficient (Wildman–Crippen LogP) is 2.41. The summed E-state index contributed by atoms with van der Waals surface area (Å²) in [5.74, 6) is 1.07. The van der Waals surface area contributed by atoms with Crippen LogP contribution in [-0.2, 0) is 19.4 Å². The van der Waals surface area contributed by atoms with E-state index in [-0.39, 0.29) is 5.56 Å². The summed E-state index contributed by atoms with van der Waals surface area (Å²) in [5.41, 5.74) is 4.65. The van der Waals surface area contributed by atoms with E-state index in [2.05, 4.69) is 46.1 Å². The molecule has 1 aromatic carbocycles. The third-order valence-electron chi connectivity index (χ3n) is 6.26. The maximum atomic E-state index is 12.3. The molecule has 150 valence electrons. The van der Waals surface area contributed by atoms with Crippen molar-refractivity contribution >= 4 is 16.7 Å². The predicted molar refractivity (Wildman–Crippen MR) is 116 cm³/mol. The fraction of sp³-hybridized carbons (Fsp3) is 0.435. The third kappa shape index (κ3) is 3.65. The number of fused-ring (bicyclic) bond motifs is 2. The summed E-state index contributed by atoms with van der Waals surface area (Å²) in [5, 5.41) is 5.82. The van der Waals surface area contributed by atoms with Gasteiger partial charge in [-0.15, -0.1) is 0 Å². The number of pyridine rings is 1. The molecule has 3 aromatic rings. The van der Waals surface area contributed by atoms with E-state index in [1.807, 2.05) is 6.07 Å². The first kappa shape index (κ1) is 18.3. The Morgan fingerprint density at radius 3 is 2.69 bits per heavy atom. The van der Waals surface area contributed by atoms with Gasteiger partial charge in [0.25, 0.3) is 5.56 Å². The Morgan fingerprint density at radius 2 is 1.83 bits per heavy atom. The van der Waals surface area contributed by atoms with Crippen LogP contribution in [-0.4, -0.2) is 52.4 Å². The summed E-state index contributed by atoms with van der Waals surface area (Å²) in [6, 6.07) is 12.3. The quantitative estimate of drug-likeness (QED) is 0.686. The molecular formula is C23H27N5O. The summed E-state index contributed by atoms with van der Waals surface area (Å²) in [4.78, 5) is 22.0. The Labute approximate surface area is 170 Å². The van der Waals surface area contributed by atoms with Crippen molar-refractivity contribution in [3.63, 3.8) is 0 Å². The Kier molecular flexibility index (Phi) is 4.79. The molecule has 0 bridgehead atoms. The molecule has 1 aliphatic carbocycles. The van der Waals surface area contributed by atoms with Gasteiger partial charge in [-0.3, -0.25) is 9.69 Å². The second kappa shape index (κ2) is 7.59. The first-order valence-corrected chi connectivity index (χ1v) is 10.6. The summed E-state index contributed by atoms with van der Waals surface area (Å²) in [6.07, 6.45) is 3.13. The molecule has 5 rings (SSSR count). The van der Waals surface area contributed by atoms with Gasteiger partial charge in [-0.1, -0.05) is 18.2 Å². The molecule has 2 aliphatic rings. The second-order valence-electron chi connectivity index (χ2n) is 8.17. The number of benzene rings is 1. The van der Waals surface area contributed by atoms with Gasteiger partial charge in [-0.25, -0.2) is 9.67 Å². The van der Waals surface area contributed by atoms with Gasteiger partial charge in [0.2, 0.25) is 0 Å². The molecule has 1 aliphatic heterocycles. The van der Waals surface area contributed by atoms with Crippen molar-refractivity contribution in [2.45, 2.75) is 32.7 Å². The number of hydrogen-bond acceptors (Lipinski definition) is 5. The highest BCUT2D eigenvalue weighted by atomic mass is 16.1. The lowest BCUT2D eigenvalue weighted by molar-refractivity contribution is 0.242. The molecule has 1 saturated heterocycles. The van der Waals surface area contributed by atoms with Gasteiger partial charge in [0, 0.05) is 44.2 Å². The van der Waals surface area contributed by atoms with Crippen LogP contribution < -0.4 is 10.5 Å². The summed E-state index contributed by atoms with van der Waals surface area (Å²) in [6.45, 7) is 7.56. The molecule has 0 amide bonds. The van der Waals surface area contributed by atoms with Crippen molar-refractivity contribution in [1.82, 2.24) is 19.7 Å². The highest BCUT2D eigenvalue weighted by molar-refractivity contribution is 5.83. The Hall–Kier alpha value is -2.73. The number of piperazine rings is 1. The summed E-state index contributed by atoms with van der Waals surface area (Å²) < 4.78 is 1.66. The molecule has 0 spiro atoms. The van der Waals surface area contributed by atoms with E-state index in [4.69, 9.17) is 4.98 Å². The molecule has 0 radical (unpaired) electrons. The van der Waals surface area contributed by atoms with Crippen LogP contribution in [0.3, 0.4) is 0 Å². The topological polar surface area (TPSA) is 54.3 Å². The molecule has 6 nitrogen and oxygen atoms in total. The zero-order chi connectivity index (χ0) is 19.8. The number of anilines is 1. The van der Waals surface area contributed by atoms with E-state index in [0.717, 1.165) is 74.6 Å². The lowest BCUT2D eigenvalue weighted by atomic mass is 10.1. The van der Waals surface area contributed by atoms with Crippen molar-refractivity contribution in [2.75, 3.05) is 37.6 Å². The smallest absolute Gasteiger partial charge is 0.267 e. The van der Waals surface area contributed by atoms with Crippen LogP contribution in [0.5, 0.6) is 0 Å². The summed E-state index contributed by atoms with van der Waals surface area (Å²) in [7, 11) is 0. The average molecular weight is 390 g/mol. The molecule has 0 unspecified atom stereocenters. The standard InChI is InChI=1S/C23H27N5O/c1-17-15-22(24-21-7-3-2-6-19(17)21)27-12-9-26(10-13-27)11-14-28-23(29)16-18-5-4-8-20(18)25-28/h2-3,6-7,15-16H,4-5,8-14H2,1H3. The zero-order valence-electron chi connectivity index (χ0n) is 17.0. The van der Waals surface area contributed by atoms with Gasteiger partial charge >= 0.3 is 0 Å².